The largest absolute Gasteiger partial charge is 0.481 e. The van der Waals surface area contributed by atoms with Gasteiger partial charge in [-0.25, -0.2) is 0 Å². The Morgan fingerprint density at radius 2 is 1.90 bits per heavy atom. The molecule has 2 aliphatic rings. The minimum Gasteiger partial charge on any atom is -0.481 e. The van der Waals surface area contributed by atoms with Gasteiger partial charge in [0, 0.05) is 12.6 Å². The fourth-order valence-corrected chi connectivity index (χ4v) is 4.25. The van der Waals surface area contributed by atoms with Gasteiger partial charge in [0.05, 0.1) is 0 Å². The fourth-order valence-electron chi connectivity index (χ4n) is 4.25. The second kappa shape index (κ2) is 5.14. The Labute approximate surface area is 123 Å². The van der Waals surface area contributed by atoms with Crippen LogP contribution in [0.5, 0.6) is 0 Å². The zero-order valence-corrected chi connectivity index (χ0v) is 12.8. The molecule has 1 saturated heterocycles. The molecular weight excluding hydrogens is 283 g/mol. The lowest BCUT2D eigenvalue weighted by atomic mass is 9.70. The summed E-state index contributed by atoms with van der Waals surface area (Å²) in [6.45, 7) is 6.22. The van der Waals surface area contributed by atoms with Crippen LogP contribution in [0.4, 0.5) is 13.2 Å². The van der Waals surface area contributed by atoms with E-state index in [9.17, 15) is 18.0 Å². The summed E-state index contributed by atoms with van der Waals surface area (Å²) in [4.78, 5) is 13.0. The van der Waals surface area contributed by atoms with E-state index in [1.165, 1.54) is 0 Å². The highest BCUT2D eigenvalue weighted by atomic mass is 19.4. The number of aliphatic carboxylic acids is 1. The molecule has 0 amide bonds. The van der Waals surface area contributed by atoms with Gasteiger partial charge in [0.25, 0.3) is 0 Å². The van der Waals surface area contributed by atoms with Crippen LogP contribution in [0.15, 0.2) is 0 Å². The average molecular weight is 307 g/mol. The molecule has 0 spiro atoms. The van der Waals surface area contributed by atoms with Crippen LogP contribution in [0.25, 0.3) is 0 Å². The molecule has 3 nitrogen and oxygen atoms in total. The van der Waals surface area contributed by atoms with Crippen LogP contribution in [-0.4, -0.2) is 41.3 Å². The molecule has 3 unspecified atom stereocenters. The van der Waals surface area contributed by atoms with Gasteiger partial charge in [0.2, 0.25) is 0 Å². The van der Waals surface area contributed by atoms with Gasteiger partial charge in [-0.3, -0.25) is 9.69 Å². The highest BCUT2D eigenvalue weighted by molar-refractivity contribution is 5.76. The number of rotatable bonds is 2. The van der Waals surface area contributed by atoms with E-state index in [4.69, 9.17) is 5.11 Å². The lowest BCUT2D eigenvalue weighted by Crippen LogP contribution is -2.49. The van der Waals surface area contributed by atoms with Crippen molar-refractivity contribution in [1.29, 1.82) is 0 Å². The van der Waals surface area contributed by atoms with Crippen LogP contribution in [0.3, 0.4) is 0 Å². The molecule has 2 fully saturated rings. The van der Waals surface area contributed by atoms with Crippen LogP contribution in [0.2, 0.25) is 0 Å². The molecule has 1 aliphatic heterocycles. The first-order valence-corrected chi connectivity index (χ1v) is 7.51. The van der Waals surface area contributed by atoms with E-state index >= 15 is 0 Å². The molecule has 122 valence electrons. The van der Waals surface area contributed by atoms with Gasteiger partial charge in [0.1, 0.15) is 0 Å². The lowest BCUT2D eigenvalue weighted by molar-refractivity contribution is -0.228. The molecule has 1 aliphatic carbocycles. The highest BCUT2D eigenvalue weighted by Crippen LogP contribution is 2.48. The van der Waals surface area contributed by atoms with E-state index in [1.807, 2.05) is 0 Å². The molecule has 0 radical (unpaired) electrons. The fraction of sp³-hybridized carbons (Fsp3) is 0.933. The minimum absolute atomic E-state index is 0.0623. The van der Waals surface area contributed by atoms with Gasteiger partial charge in [-0.15, -0.1) is 0 Å². The molecule has 2 rings (SSSR count). The van der Waals surface area contributed by atoms with Crippen molar-refractivity contribution in [3.63, 3.8) is 0 Å². The van der Waals surface area contributed by atoms with E-state index in [0.29, 0.717) is 5.92 Å². The molecule has 0 bridgehead atoms. The van der Waals surface area contributed by atoms with E-state index < -0.39 is 24.1 Å². The van der Waals surface area contributed by atoms with Crippen molar-refractivity contribution in [1.82, 2.24) is 4.90 Å². The van der Waals surface area contributed by atoms with E-state index in [-0.39, 0.29) is 24.4 Å². The molecule has 1 N–H and O–H groups in total. The standard InChI is InChI=1S/C15H24F3NO2/c1-10-6-11(8-13(2,3)7-10)19-5-4-14(9-19,12(20)21)15(16,17)18/h10-11H,4-9H2,1-3H3,(H,20,21). The number of nitrogens with zero attached hydrogens (tertiary/aromatic N) is 1. The number of halogens is 3. The first kappa shape index (κ1) is 16.6. The summed E-state index contributed by atoms with van der Waals surface area (Å²) < 4.78 is 39.7. The third kappa shape index (κ3) is 3.05. The zero-order valence-electron chi connectivity index (χ0n) is 12.8. The smallest absolute Gasteiger partial charge is 0.406 e. The van der Waals surface area contributed by atoms with Crippen molar-refractivity contribution in [3.8, 4) is 0 Å². The SMILES string of the molecule is CC1CC(N2CCC(C(=O)O)(C(F)(F)F)C2)CC(C)(C)C1. The van der Waals surface area contributed by atoms with Crippen molar-refractivity contribution < 1.29 is 23.1 Å². The Balaban J connectivity index is 2.16. The second-order valence-electron chi connectivity index (χ2n) is 7.67. The first-order chi connectivity index (χ1) is 9.47. The summed E-state index contributed by atoms with van der Waals surface area (Å²) >= 11 is 0. The molecule has 21 heavy (non-hydrogen) atoms. The predicted molar refractivity (Wildman–Crippen MR) is 72.9 cm³/mol. The Morgan fingerprint density at radius 1 is 1.29 bits per heavy atom. The van der Waals surface area contributed by atoms with Crippen molar-refractivity contribution >= 4 is 5.97 Å². The van der Waals surface area contributed by atoms with Gasteiger partial charge in [-0.1, -0.05) is 20.8 Å². The topological polar surface area (TPSA) is 40.5 Å². The predicted octanol–water partition coefficient (Wildman–Crippen LogP) is 3.54. The van der Waals surface area contributed by atoms with Crippen LogP contribution in [0.1, 0.15) is 46.5 Å². The monoisotopic (exact) mass is 307 g/mol. The van der Waals surface area contributed by atoms with Crippen molar-refractivity contribution in [2.24, 2.45) is 16.7 Å². The summed E-state index contributed by atoms with van der Waals surface area (Å²) in [7, 11) is 0. The van der Waals surface area contributed by atoms with Gasteiger partial charge in [-0.2, -0.15) is 13.2 Å². The van der Waals surface area contributed by atoms with Crippen molar-refractivity contribution in [3.05, 3.63) is 0 Å². The maximum Gasteiger partial charge on any atom is 0.406 e. The summed E-state index contributed by atoms with van der Waals surface area (Å²) in [5.74, 6) is -1.27. The normalized spacial score (nSPS) is 37.6. The Bertz CT molecular complexity index is 422. The molecule has 1 heterocycles. The third-order valence-corrected chi connectivity index (χ3v) is 5.13. The molecule has 6 heteroatoms. The number of likely N-dealkylation sites (tertiary alicyclic amines) is 1. The lowest BCUT2D eigenvalue weighted by Gasteiger charge is -2.43. The number of hydrogen-bond acceptors (Lipinski definition) is 2. The Kier molecular flexibility index (Phi) is 4.06. The number of carbonyl (C=O) groups is 1. The number of alkyl halides is 3. The summed E-state index contributed by atoms with van der Waals surface area (Å²) in [6, 6.07) is 0.0623. The van der Waals surface area contributed by atoms with Crippen molar-refractivity contribution in [2.45, 2.75) is 58.7 Å². The average Bonchev–Trinajstić information content (AvgIpc) is 2.70. The van der Waals surface area contributed by atoms with E-state index in [0.717, 1.165) is 19.3 Å². The number of carboxylic acids is 1. The van der Waals surface area contributed by atoms with E-state index in [2.05, 4.69) is 20.8 Å². The Hall–Kier alpha value is -0.780. The summed E-state index contributed by atoms with van der Waals surface area (Å²) in [6.07, 6.45) is -2.26. The van der Waals surface area contributed by atoms with Crippen LogP contribution in [-0.2, 0) is 4.79 Å². The van der Waals surface area contributed by atoms with Crippen molar-refractivity contribution in [2.75, 3.05) is 13.1 Å². The van der Waals surface area contributed by atoms with Crippen LogP contribution in [0, 0.1) is 16.7 Å². The maximum atomic E-state index is 13.2. The summed E-state index contributed by atoms with van der Waals surface area (Å²) in [5.41, 5.74) is -2.48. The number of hydrogen-bond donors (Lipinski definition) is 1. The first-order valence-electron chi connectivity index (χ1n) is 7.51. The maximum absolute atomic E-state index is 13.2. The quantitative estimate of drug-likeness (QED) is 0.848. The van der Waals surface area contributed by atoms with Gasteiger partial charge in [0.15, 0.2) is 5.41 Å². The Morgan fingerprint density at radius 3 is 2.33 bits per heavy atom. The zero-order chi connectivity index (χ0) is 16.1. The number of carboxylic acid groups (broad SMARTS) is 1. The van der Waals surface area contributed by atoms with Gasteiger partial charge < -0.3 is 5.11 Å². The summed E-state index contributed by atoms with van der Waals surface area (Å²) in [5, 5.41) is 9.12. The molecular formula is C15H24F3NO2. The third-order valence-electron chi connectivity index (χ3n) is 5.13. The van der Waals surface area contributed by atoms with E-state index in [1.54, 1.807) is 4.90 Å². The van der Waals surface area contributed by atoms with Gasteiger partial charge >= 0.3 is 12.1 Å². The molecule has 0 aromatic heterocycles. The molecule has 0 aromatic carbocycles. The van der Waals surface area contributed by atoms with Crippen LogP contribution < -0.4 is 0 Å². The van der Waals surface area contributed by atoms with Gasteiger partial charge in [-0.05, 0) is 43.6 Å². The highest BCUT2D eigenvalue weighted by Gasteiger charge is 2.64. The minimum atomic E-state index is -4.69. The second-order valence-corrected chi connectivity index (χ2v) is 7.67. The van der Waals surface area contributed by atoms with Crippen LogP contribution >= 0.6 is 0 Å². The molecule has 3 atom stereocenters. The molecule has 1 saturated carbocycles. The molecule has 0 aromatic rings.